The van der Waals surface area contributed by atoms with Crippen molar-refractivity contribution in [2.45, 2.75) is 26.4 Å². The zero-order valence-corrected chi connectivity index (χ0v) is 13.7. The van der Waals surface area contributed by atoms with Crippen LogP contribution in [0.4, 0.5) is 0 Å². The van der Waals surface area contributed by atoms with Gasteiger partial charge in [-0.3, -0.25) is 0 Å². The molecule has 0 spiro atoms. The molecule has 0 saturated heterocycles. The molecule has 0 amide bonds. The maximum atomic E-state index is 5.41. The summed E-state index contributed by atoms with van der Waals surface area (Å²) in [5.41, 5.74) is 2.22. The lowest BCUT2D eigenvalue weighted by molar-refractivity contribution is 0.174. The number of rotatable bonds is 4. The molecule has 20 heavy (non-hydrogen) atoms. The Kier molecular flexibility index (Phi) is 3.96. The Morgan fingerprint density at radius 3 is 2.85 bits per heavy atom. The molecular formula is C14H15BrN2O2S. The maximum absolute atomic E-state index is 5.41. The quantitative estimate of drug-likeness (QED) is 0.906. The van der Waals surface area contributed by atoms with Crippen LogP contribution in [0, 0.1) is 6.92 Å². The third-order valence-electron chi connectivity index (χ3n) is 3.15. The second kappa shape index (κ2) is 5.71. The van der Waals surface area contributed by atoms with Crippen LogP contribution in [0.3, 0.4) is 0 Å². The van der Waals surface area contributed by atoms with Gasteiger partial charge < -0.3 is 14.8 Å². The number of halogens is 1. The van der Waals surface area contributed by atoms with Crippen molar-refractivity contribution in [2.24, 2.45) is 0 Å². The zero-order valence-electron chi connectivity index (χ0n) is 11.3. The van der Waals surface area contributed by atoms with Crippen LogP contribution >= 0.6 is 27.3 Å². The van der Waals surface area contributed by atoms with Gasteiger partial charge in [-0.25, -0.2) is 4.98 Å². The molecule has 0 radical (unpaired) electrons. The summed E-state index contributed by atoms with van der Waals surface area (Å²) in [6.07, 6.45) is 0. The molecule has 1 aliphatic heterocycles. The first kappa shape index (κ1) is 13.9. The molecule has 3 rings (SSSR count). The molecule has 1 aliphatic rings. The molecule has 2 aromatic rings. The maximum Gasteiger partial charge on any atom is 0.231 e. The Morgan fingerprint density at radius 2 is 2.15 bits per heavy atom. The minimum Gasteiger partial charge on any atom is -0.454 e. The summed E-state index contributed by atoms with van der Waals surface area (Å²) in [4.78, 5) is 4.50. The van der Waals surface area contributed by atoms with E-state index in [0.29, 0.717) is 6.79 Å². The van der Waals surface area contributed by atoms with E-state index < -0.39 is 0 Å². The topological polar surface area (TPSA) is 43.4 Å². The summed E-state index contributed by atoms with van der Waals surface area (Å²) in [5.74, 6) is 1.60. The first-order valence-corrected chi connectivity index (χ1v) is 8.04. The summed E-state index contributed by atoms with van der Waals surface area (Å²) >= 11 is 5.26. The number of thiazole rings is 1. The largest absolute Gasteiger partial charge is 0.454 e. The highest BCUT2D eigenvalue weighted by atomic mass is 79.9. The first-order valence-electron chi connectivity index (χ1n) is 6.37. The summed E-state index contributed by atoms with van der Waals surface area (Å²) in [7, 11) is 0. The van der Waals surface area contributed by atoms with Crippen molar-refractivity contribution in [1.82, 2.24) is 10.3 Å². The third-order valence-corrected chi connectivity index (χ3v) is 5.03. The van der Waals surface area contributed by atoms with Crippen molar-refractivity contribution in [3.63, 3.8) is 0 Å². The highest BCUT2D eigenvalue weighted by Gasteiger charge is 2.17. The fourth-order valence-electron chi connectivity index (χ4n) is 2.02. The van der Waals surface area contributed by atoms with E-state index >= 15 is 0 Å². The molecule has 2 heterocycles. The number of hydrogen-bond acceptors (Lipinski definition) is 5. The summed E-state index contributed by atoms with van der Waals surface area (Å²) in [5, 5.41) is 6.67. The van der Waals surface area contributed by atoms with Gasteiger partial charge in [-0.2, -0.15) is 0 Å². The molecule has 0 fully saturated rings. The number of ether oxygens (including phenoxy) is 2. The van der Waals surface area contributed by atoms with Gasteiger partial charge in [0.05, 0.1) is 6.04 Å². The Hall–Kier alpha value is -1.11. The van der Waals surface area contributed by atoms with Gasteiger partial charge in [0.25, 0.3) is 0 Å². The molecule has 1 aromatic carbocycles. The van der Waals surface area contributed by atoms with Crippen molar-refractivity contribution >= 4 is 27.3 Å². The van der Waals surface area contributed by atoms with Crippen LogP contribution in [-0.4, -0.2) is 11.8 Å². The van der Waals surface area contributed by atoms with Crippen LogP contribution < -0.4 is 14.8 Å². The van der Waals surface area contributed by atoms with Crippen LogP contribution in [0.2, 0.25) is 0 Å². The van der Waals surface area contributed by atoms with Gasteiger partial charge in [0.2, 0.25) is 6.79 Å². The Labute approximate surface area is 130 Å². The van der Waals surface area contributed by atoms with E-state index in [1.807, 2.05) is 19.1 Å². The minimum atomic E-state index is 0.228. The normalized spacial score (nSPS) is 14.6. The molecule has 0 bridgehead atoms. The average molecular weight is 355 g/mol. The summed E-state index contributed by atoms with van der Waals surface area (Å²) in [6, 6.07) is 4.20. The van der Waals surface area contributed by atoms with Crippen LogP contribution in [-0.2, 0) is 6.54 Å². The van der Waals surface area contributed by atoms with Crippen molar-refractivity contribution in [2.75, 3.05) is 6.79 Å². The van der Waals surface area contributed by atoms with E-state index in [0.717, 1.165) is 38.8 Å². The van der Waals surface area contributed by atoms with Crippen molar-refractivity contribution < 1.29 is 9.47 Å². The van der Waals surface area contributed by atoms with Crippen LogP contribution in [0.25, 0.3) is 0 Å². The lowest BCUT2D eigenvalue weighted by Crippen LogP contribution is -2.18. The van der Waals surface area contributed by atoms with Gasteiger partial charge in [0, 0.05) is 22.1 Å². The molecule has 1 N–H and O–H groups in total. The smallest absolute Gasteiger partial charge is 0.231 e. The van der Waals surface area contributed by atoms with Crippen LogP contribution in [0.5, 0.6) is 11.5 Å². The Morgan fingerprint density at radius 1 is 1.40 bits per heavy atom. The Bertz CT molecular complexity index is 630. The lowest BCUT2D eigenvalue weighted by Gasteiger charge is -2.12. The van der Waals surface area contributed by atoms with Gasteiger partial charge >= 0.3 is 0 Å². The standard InChI is InChI=1S/C14H15BrN2O2S/c1-8-6-20-14(17-8)9(2)16-5-10-3-12-13(4-11(10)15)19-7-18-12/h3-4,6,9,16H,5,7H2,1-2H3. The fourth-order valence-corrected chi connectivity index (χ4v) is 3.31. The van der Waals surface area contributed by atoms with Gasteiger partial charge in [-0.15, -0.1) is 11.3 Å². The highest BCUT2D eigenvalue weighted by molar-refractivity contribution is 9.10. The number of nitrogens with zero attached hydrogens (tertiary/aromatic N) is 1. The number of aryl methyl sites for hydroxylation is 1. The van der Waals surface area contributed by atoms with Gasteiger partial charge in [-0.1, -0.05) is 15.9 Å². The van der Waals surface area contributed by atoms with Gasteiger partial charge in [0.15, 0.2) is 11.5 Å². The van der Waals surface area contributed by atoms with Crippen molar-refractivity contribution in [3.8, 4) is 11.5 Å². The van der Waals surface area contributed by atoms with Crippen molar-refractivity contribution in [3.05, 3.63) is 38.3 Å². The first-order chi connectivity index (χ1) is 9.63. The van der Waals surface area contributed by atoms with E-state index in [1.165, 1.54) is 0 Å². The van der Waals surface area contributed by atoms with E-state index in [2.05, 4.69) is 38.5 Å². The number of hydrogen-bond donors (Lipinski definition) is 1. The van der Waals surface area contributed by atoms with Crippen LogP contribution in [0.1, 0.15) is 29.2 Å². The number of nitrogens with one attached hydrogen (secondary N) is 1. The van der Waals surface area contributed by atoms with E-state index in [-0.39, 0.29) is 6.04 Å². The van der Waals surface area contributed by atoms with E-state index in [1.54, 1.807) is 11.3 Å². The monoisotopic (exact) mass is 354 g/mol. The summed E-state index contributed by atoms with van der Waals surface area (Å²) in [6.45, 7) is 5.19. The van der Waals surface area contributed by atoms with Gasteiger partial charge in [-0.05, 0) is 31.5 Å². The SMILES string of the molecule is Cc1csc(C(C)NCc2cc3c(cc2Br)OCO3)n1. The molecule has 1 unspecified atom stereocenters. The van der Waals surface area contributed by atoms with Crippen LogP contribution in [0.15, 0.2) is 22.0 Å². The van der Waals surface area contributed by atoms with Gasteiger partial charge in [0.1, 0.15) is 5.01 Å². The molecule has 0 aliphatic carbocycles. The second-order valence-electron chi connectivity index (χ2n) is 4.73. The second-order valence-corrected chi connectivity index (χ2v) is 6.47. The molecule has 1 aromatic heterocycles. The minimum absolute atomic E-state index is 0.228. The molecule has 6 heteroatoms. The van der Waals surface area contributed by atoms with E-state index in [4.69, 9.17) is 9.47 Å². The number of benzene rings is 1. The average Bonchev–Trinajstić information content (AvgIpc) is 3.04. The zero-order chi connectivity index (χ0) is 14.1. The predicted octanol–water partition coefficient (Wildman–Crippen LogP) is 3.79. The lowest BCUT2D eigenvalue weighted by atomic mass is 10.2. The Balaban J connectivity index is 1.69. The fraction of sp³-hybridized carbons (Fsp3) is 0.357. The highest BCUT2D eigenvalue weighted by Crippen LogP contribution is 2.37. The predicted molar refractivity (Wildman–Crippen MR) is 82.4 cm³/mol. The molecule has 1 atom stereocenters. The molecule has 0 saturated carbocycles. The molecular weight excluding hydrogens is 340 g/mol. The number of fused-ring (bicyclic) bond motifs is 1. The number of aromatic nitrogens is 1. The van der Waals surface area contributed by atoms with Crippen molar-refractivity contribution in [1.29, 1.82) is 0 Å². The third kappa shape index (κ3) is 2.82. The molecule has 4 nitrogen and oxygen atoms in total. The summed E-state index contributed by atoms with van der Waals surface area (Å²) < 4.78 is 11.8. The molecule has 106 valence electrons. The van der Waals surface area contributed by atoms with E-state index in [9.17, 15) is 0 Å².